The van der Waals surface area contributed by atoms with Gasteiger partial charge < -0.3 is 5.11 Å². The van der Waals surface area contributed by atoms with E-state index in [4.69, 9.17) is 12.2 Å². The van der Waals surface area contributed by atoms with Gasteiger partial charge in [0.2, 0.25) is 0 Å². The molecule has 0 aliphatic carbocycles. The van der Waals surface area contributed by atoms with Crippen LogP contribution in [-0.2, 0) is 4.79 Å². The molecule has 3 nitrogen and oxygen atoms in total. The Morgan fingerprint density at radius 3 is 2.70 bits per heavy atom. The van der Waals surface area contributed by atoms with E-state index in [0.29, 0.717) is 9.23 Å². The van der Waals surface area contributed by atoms with Crippen molar-refractivity contribution in [3.8, 4) is 5.75 Å². The van der Waals surface area contributed by atoms with Crippen molar-refractivity contribution in [1.82, 2.24) is 0 Å². The minimum Gasteiger partial charge on any atom is -0.508 e. The molecule has 0 radical (unpaired) electrons. The van der Waals surface area contributed by atoms with Gasteiger partial charge in [-0.2, -0.15) is 0 Å². The molecule has 1 aliphatic heterocycles. The number of phenolic OH excluding ortho intramolecular Hbond substituents is 1. The van der Waals surface area contributed by atoms with Crippen LogP contribution in [0.3, 0.4) is 0 Å². The minimum atomic E-state index is -0.128. The fourth-order valence-electron chi connectivity index (χ4n) is 2.40. The first-order valence-corrected chi connectivity index (χ1v) is 8.32. The van der Waals surface area contributed by atoms with Gasteiger partial charge in [0.25, 0.3) is 5.91 Å². The Hall–Kier alpha value is -2.11. The van der Waals surface area contributed by atoms with Crippen molar-refractivity contribution < 1.29 is 9.90 Å². The first kappa shape index (κ1) is 15.8. The Morgan fingerprint density at radius 2 is 1.96 bits per heavy atom. The maximum Gasteiger partial charge on any atom is 0.270 e. The van der Waals surface area contributed by atoms with Gasteiger partial charge in [0, 0.05) is 0 Å². The molecule has 0 saturated carbocycles. The molecule has 1 N–H and O–H groups in total. The lowest BCUT2D eigenvalue weighted by molar-refractivity contribution is -0.113. The number of aryl methyl sites for hydroxylation is 2. The number of carbonyl (C=O) groups excluding carboxylic acids is 1. The second-order valence-electron chi connectivity index (χ2n) is 5.40. The highest BCUT2D eigenvalue weighted by Gasteiger charge is 2.34. The van der Waals surface area contributed by atoms with Crippen molar-refractivity contribution >= 4 is 46.0 Å². The topological polar surface area (TPSA) is 40.5 Å². The lowest BCUT2D eigenvalue weighted by Crippen LogP contribution is -2.28. The molecule has 0 unspecified atom stereocenters. The predicted octanol–water partition coefficient (Wildman–Crippen LogP) is 4.41. The number of carbonyl (C=O) groups is 1. The second kappa shape index (κ2) is 6.18. The smallest absolute Gasteiger partial charge is 0.270 e. The molecule has 1 aliphatic rings. The highest BCUT2D eigenvalue weighted by molar-refractivity contribution is 8.27. The number of amides is 1. The van der Waals surface area contributed by atoms with E-state index in [1.165, 1.54) is 11.8 Å². The van der Waals surface area contributed by atoms with Crippen molar-refractivity contribution in [2.45, 2.75) is 13.8 Å². The maximum absolute atomic E-state index is 12.8. The number of rotatable bonds is 2. The van der Waals surface area contributed by atoms with E-state index in [9.17, 15) is 9.90 Å². The Labute approximate surface area is 144 Å². The molecule has 5 heteroatoms. The third kappa shape index (κ3) is 3.16. The zero-order valence-corrected chi connectivity index (χ0v) is 14.4. The Balaban J connectivity index is 1.99. The molecule has 1 saturated heterocycles. The molecule has 3 rings (SSSR count). The number of aromatic hydroxyl groups is 1. The van der Waals surface area contributed by atoms with Gasteiger partial charge in [-0.3, -0.25) is 9.69 Å². The Morgan fingerprint density at radius 1 is 1.17 bits per heavy atom. The first-order valence-electron chi connectivity index (χ1n) is 7.10. The van der Waals surface area contributed by atoms with E-state index in [2.05, 4.69) is 0 Å². The van der Waals surface area contributed by atoms with Crippen LogP contribution in [0.25, 0.3) is 6.08 Å². The average Bonchev–Trinajstić information content (AvgIpc) is 2.76. The molecule has 1 amide bonds. The molecular formula is C18H15NO2S2. The number of anilines is 1. The largest absolute Gasteiger partial charge is 0.508 e. The summed E-state index contributed by atoms with van der Waals surface area (Å²) in [5, 5.41) is 9.54. The molecule has 2 aromatic rings. The molecule has 0 aromatic heterocycles. The summed E-state index contributed by atoms with van der Waals surface area (Å²) in [4.78, 5) is 14.9. The first-order chi connectivity index (χ1) is 11.0. The summed E-state index contributed by atoms with van der Waals surface area (Å²) in [6.07, 6.45) is 1.75. The van der Waals surface area contributed by atoms with E-state index in [1.807, 2.05) is 38.1 Å². The van der Waals surface area contributed by atoms with Crippen LogP contribution in [0.5, 0.6) is 5.75 Å². The standard InChI is InChI=1S/C18H15NO2S2/c1-11-6-7-12(2)15(8-11)19-17(21)16(23-18(19)22)10-13-4-3-5-14(20)9-13/h3-10,20H,1-2H3/b16-10-. The van der Waals surface area contributed by atoms with Gasteiger partial charge in [-0.15, -0.1) is 0 Å². The lowest BCUT2D eigenvalue weighted by atomic mass is 10.1. The van der Waals surface area contributed by atoms with Crippen molar-refractivity contribution in [3.05, 3.63) is 64.1 Å². The fraction of sp³-hybridized carbons (Fsp3) is 0.111. The van der Waals surface area contributed by atoms with Gasteiger partial charge in [-0.25, -0.2) is 0 Å². The van der Waals surface area contributed by atoms with Crippen molar-refractivity contribution in [2.24, 2.45) is 0 Å². The van der Waals surface area contributed by atoms with E-state index in [0.717, 1.165) is 22.4 Å². The molecule has 2 aromatic carbocycles. The van der Waals surface area contributed by atoms with E-state index in [-0.39, 0.29) is 11.7 Å². The summed E-state index contributed by atoms with van der Waals surface area (Å²) in [7, 11) is 0. The van der Waals surface area contributed by atoms with E-state index >= 15 is 0 Å². The number of phenols is 1. The summed E-state index contributed by atoms with van der Waals surface area (Å²) in [5.41, 5.74) is 3.68. The third-order valence-electron chi connectivity index (χ3n) is 3.57. The Bertz CT molecular complexity index is 843. The van der Waals surface area contributed by atoms with E-state index in [1.54, 1.807) is 29.2 Å². The van der Waals surface area contributed by atoms with Crippen LogP contribution in [0.4, 0.5) is 5.69 Å². The van der Waals surface area contributed by atoms with Crippen LogP contribution in [0.15, 0.2) is 47.4 Å². The lowest BCUT2D eigenvalue weighted by Gasteiger charge is -2.17. The molecule has 1 fully saturated rings. The summed E-state index contributed by atoms with van der Waals surface area (Å²) in [6.45, 7) is 3.95. The van der Waals surface area contributed by atoms with Crippen LogP contribution >= 0.6 is 24.0 Å². The number of nitrogens with zero attached hydrogens (tertiary/aromatic N) is 1. The zero-order valence-electron chi connectivity index (χ0n) is 12.7. The quantitative estimate of drug-likeness (QED) is 0.649. The molecular weight excluding hydrogens is 326 g/mol. The molecule has 116 valence electrons. The van der Waals surface area contributed by atoms with Gasteiger partial charge in [0.05, 0.1) is 10.6 Å². The van der Waals surface area contributed by atoms with Gasteiger partial charge >= 0.3 is 0 Å². The van der Waals surface area contributed by atoms with Gasteiger partial charge in [0.1, 0.15) is 5.75 Å². The molecule has 0 atom stereocenters. The average molecular weight is 341 g/mol. The zero-order chi connectivity index (χ0) is 16.6. The number of thioether (sulfide) groups is 1. The molecule has 1 heterocycles. The predicted molar refractivity (Wildman–Crippen MR) is 99.7 cm³/mol. The van der Waals surface area contributed by atoms with Gasteiger partial charge in [-0.1, -0.05) is 48.2 Å². The number of thiocarbonyl (C=S) groups is 1. The minimum absolute atomic E-state index is 0.128. The van der Waals surface area contributed by atoms with Crippen LogP contribution in [0.1, 0.15) is 16.7 Å². The van der Waals surface area contributed by atoms with E-state index < -0.39 is 0 Å². The second-order valence-corrected chi connectivity index (χ2v) is 7.08. The van der Waals surface area contributed by atoms with Crippen LogP contribution in [-0.4, -0.2) is 15.3 Å². The molecule has 0 bridgehead atoms. The maximum atomic E-state index is 12.8. The third-order valence-corrected chi connectivity index (χ3v) is 4.87. The van der Waals surface area contributed by atoms with Gasteiger partial charge in [0.15, 0.2) is 4.32 Å². The van der Waals surface area contributed by atoms with Crippen LogP contribution in [0, 0.1) is 13.8 Å². The van der Waals surface area contributed by atoms with Crippen LogP contribution in [0.2, 0.25) is 0 Å². The summed E-state index contributed by atoms with van der Waals surface area (Å²) >= 11 is 6.68. The Kier molecular flexibility index (Phi) is 4.24. The molecule has 0 spiro atoms. The van der Waals surface area contributed by atoms with Crippen molar-refractivity contribution in [2.75, 3.05) is 4.90 Å². The number of hydrogen-bond acceptors (Lipinski definition) is 4. The van der Waals surface area contributed by atoms with Crippen LogP contribution < -0.4 is 4.90 Å². The summed E-state index contributed by atoms with van der Waals surface area (Å²) in [5.74, 6) is 0.0424. The van der Waals surface area contributed by atoms with Crippen molar-refractivity contribution in [3.63, 3.8) is 0 Å². The highest BCUT2D eigenvalue weighted by atomic mass is 32.2. The normalized spacial score (nSPS) is 16.4. The monoisotopic (exact) mass is 341 g/mol. The SMILES string of the molecule is Cc1ccc(C)c(N2C(=O)/C(=C/c3cccc(O)c3)SC2=S)c1. The molecule has 23 heavy (non-hydrogen) atoms. The number of hydrogen-bond donors (Lipinski definition) is 1. The van der Waals surface area contributed by atoms with Crippen molar-refractivity contribution in [1.29, 1.82) is 0 Å². The number of benzene rings is 2. The van der Waals surface area contributed by atoms with Gasteiger partial charge in [-0.05, 0) is 54.8 Å². The summed E-state index contributed by atoms with van der Waals surface area (Å²) in [6, 6.07) is 12.8. The highest BCUT2D eigenvalue weighted by Crippen LogP contribution is 2.37. The summed E-state index contributed by atoms with van der Waals surface area (Å²) < 4.78 is 0.523. The fourth-order valence-corrected chi connectivity index (χ4v) is 3.69.